The molecular formula is C22H28O3. The van der Waals surface area contributed by atoms with E-state index in [9.17, 15) is 10.2 Å². The van der Waals surface area contributed by atoms with E-state index in [4.69, 9.17) is 4.74 Å². The minimum Gasteiger partial charge on any atom is -0.507 e. The Bertz CT molecular complexity index is 716. The van der Waals surface area contributed by atoms with Crippen LogP contribution in [0.25, 0.3) is 0 Å². The predicted molar refractivity (Wildman–Crippen MR) is 101 cm³/mol. The Morgan fingerprint density at radius 1 is 0.800 bits per heavy atom. The van der Waals surface area contributed by atoms with E-state index in [1.54, 1.807) is 0 Å². The zero-order valence-electron chi connectivity index (χ0n) is 15.6. The van der Waals surface area contributed by atoms with Gasteiger partial charge in [-0.2, -0.15) is 0 Å². The summed E-state index contributed by atoms with van der Waals surface area (Å²) in [5, 5.41) is 21.6. The standard InChI is InChI=1S/C22H28O3/c1-13-9-15(3)21(23)18(11-13)20(17-5-7-25-8-6-17)19-12-14(2)10-16(4)22(19)24/h9-12,17,20,23-24H,5-8H2,1-4H3. The third kappa shape index (κ3) is 3.52. The molecule has 0 atom stereocenters. The van der Waals surface area contributed by atoms with Crippen LogP contribution in [0.3, 0.4) is 0 Å². The molecular weight excluding hydrogens is 312 g/mol. The van der Waals surface area contributed by atoms with E-state index >= 15 is 0 Å². The largest absolute Gasteiger partial charge is 0.507 e. The lowest BCUT2D eigenvalue weighted by Crippen LogP contribution is -2.23. The lowest BCUT2D eigenvalue weighted by atomic mass is 9.75. The van der Waals surface area contributed by atoms with Crippen LogP contribution < -0.4 is 0 Å². The SMILES string of the molecule is Cc1cc(C)c(O)c(C(c2cc(C)cc(C)c2O)C2CCOCC2)c1. The topological polar surface area (TPSA) is 49.7 Å². The lowest BCUT2D eigenvalue weighted by Gasteiger charge is -2.33. The molecule has 0 bridgehead atoms. The minimum atomic E-state index is -0.0268. The third-order valence-electron chi connectivity index (χ3n) is 5.36. The first-order chi connectivity index (χ1) is 11.9. The van der Waals surface area contributed by atoms with E-state index in [1.807, 2.05) is 26.0 Å². The normalized spacial score (nSPS) is 15.7. The van der Waals surface area contributed by atoms with Crippen LogP contribution in [0, 0.1) is 33.6 Å². The van der Waals surface area contributed by atoms with Gasteiger partial charge in [0.2, 0.25) is 0 Å². The number of hydrogen-bond donors (Lipinski definition) is 2. The quantitative estimate of drug-likeness (QED) is 0.836. The second-order valence-corrected chi connectivity index (χ2v) is 7.47. The van der Waals surface area contributed by atoms with Gasteiger partial charge in [-0.15, -0.1) is 0 Å². The van der Waals surface area contributed by atoms with Gasteiger partial charge in [-0.1, -0.05) is 35.4 Å². The van der Waals surface area contributed by atoms with Crippen molar-refractivity contribution in [2.75, 3.05) is 13.2 Å². The highest BCUT2D eigenvalue weighted by Crippen LogP contribution is 2.46. The smallest absolute Gasteiger partial charge is 0.122 e. The van der Waals surface area contributed by atoms with Crippen LogP contribution in [0.2, 0.25) is 0 Å². The molecule has 134 valence electrons. The summed E-state index contributed by atoms with van der Waals surface area (Å²) in [6, 6.07) is 8.14. The zero-order valence-corrected chi connectivity index (χ0v) is 15.6. The molecule has 0 unspecified atom stereocenters. The van der Waals surface area contributed by atoms with Crippen molar-refractivity contribution in [3.8, 4) is 11.5 Å². The molecule has 1 saturated heterocycles. The van der Waals surface area contributed by atoms with Crippen LogP contribution in [0.15, 0.2) is 24.3 Å². The van der Waals surface area contributed by atoms with E-state index in [-0.39, 0.29) is 5.92 Å². The second kappa shape index (κ2) is 7.09. The van der Waals surface area contributed by atoms with Gasteiger partial charge in [0, 0.05) is 30.3 Å². The summed E-state index contributed by atoms with van der Waals surface area (Å²) in [7, 11) is 0. The van der Waals surface area contributed by atoms with Gasteiger partial charge in [0.25, 0.3) is 0 Å². The van der Waals surface area contributed by atoms with Gasteiger partial charge < -0.3 is 14.9 Å². The van der Waals surface area contributed by atoms with Gasteiger partial charge in [0.1, 0.15) is 11.5 Å². The fourth-order valence-corrected chi connectivity index (χ4v) is 4.18. The molecule has 1 aliphatic rings. The Morgan fingerprint density at radius 3 is 1.68 bits per heavy atom. The van der Waals surface area contributed by atoms with Gasteiger partial charge in [-0.05, 0) is 57.6 Å². The van der Waals surface area contributed by atoms with Crippen LogP contribution >= 0.6 is 0 Å². The molecule has 1 fully saturated rings. The van der Waals surface area contributed by atoms with Crippen LogP contribution in [-0.2, 0) is 4.74 Å². The van der Waals surface area contributed by atoms with Crippen LogP contribution in [0.5, 0.6) is 11.5 Å². The first-order valence-corrected chi connectivity index (χ1v) is 9.06. The zero-order chi connectivity index (χ0) is 18.1. The van der Waals surface area contributed by atoms with Crippen molar-refractivity contribution >= 4 is 0 Å². The first-order valence-electron chi connectivity index (χ1n) is 9.06. The molecule has 0 radical (unpaired) electrons. The Labute approximate surface area is 150 Å². The third-order valence-corrected chi connectivity index (χ3v) is 5.36. The van der Waals surface area contributed by atoms with Gasteiger partial charge in [0.05, 0.1) is 0 Å². The molecule has 2 aromatic rings. The average Bonchev–Trinajstić information content (AvgIpc) is 2.57. The highest BCUT2D eigenvalue weighted by molar-refractivity contribution is 5.53. The molecule has 0 aromatic heterocycles. The molecule has 0 amide bonds. The molecule has 2 N–H and O–H groups in total. The van der Waals surface area contributed by atoms with Gasteiger partial charge in [-0.25, -0.2) is 0 Å². The molecule has 1 heterocycles. The maximum Gasteiger partial charge on any atom is 0.122 e. The van der Waals surface area contributed by atoms with Gasteiger partial charge in [0.15, 0.2) is 0 Å². The highest BCUT2D eigenvalue weighted by Gasteiger charge is 2.31. The molecule has 3 rings (SSSR count). The number of ether oxygens (including phenoxy) is 1. The maximum absolute atomic E-state index is 10.8. The Balaban J connectivity index is 2.21. The molecule has 25 heavy (non-hydrogen) atoms. The predicted octanol–water partition coefficient (Wildman–Crippen LogP) is 4.89. The Hall–Kier alpha value is -2.00. The van der Waals surface area contributed by atoms with E-state index in [2.05, 4.69) is 26.0 Å². The Kier molecular flexibility index (Phi) is 5.05. The number of phenols is 2. The van der Waals surface area contributed by atoms with Crippen molar-refractivity contribution in [3.63, 3.8) is 0 Å². The molecule has 0 saturated carbocycles. The average molecular weight is 340 g/mol. The van der Waals surface area contributed by atoms with E-state index in [0.29, 0.717) is 17.4 Å². The summed E-state index contributed by atoms with van der Waals surface area (Å²) in [6.07, 6.45) is 1.87. The number of phenolic OH excluding ortho intramolecular Hbond substituents is 2. The number of hydrogen-bond acceptors (Lipinski definition) is 3. The van der Waals surface area contributed by atoms with E-state index < -0.39 is 0 Å². The summed E-state index contributed by atoms with van der Waals surface area (Å²) in [5.41, 5.74) is 5.87. The minimum absolute atomic E-state index is 0.0268. The van der Waals surface area contributed by atoms with Gasteiger partial charge in [-0.3, -0.25) is 0 Å². The number of benzene rings is 2. The fourth-order valence-electron chi connectivity index (χ4n) is 4.18. The number of aromatic hydroxyl groups is 2. The van der Waals surface area contributed by atoms with Crippen molar-refractivity contribution in [1.82, 2.24) is 0 Å². The molecule has 3 nitrogen and oxygen atoms in total. The van der Waals surface area contributed by atoms with Crippen molar-refractivity contribution in [2.24, 2.45) is 5.92 Å². The summed E-state index contributed by atoms with van der Waals surface area (Å²) in [5.74, 6) is 1.01. The van der Waals surface area contributed by atoms with Gasteiger partial charge >= 0.3 is 0 Å². The summed E-state index contributed by atoms with van der Waals surface area (Å²) in [4.78, 5) is 0. The van der Waals surface area contributed by atoms with Crippen molar-refractivity contribution in [1.29, 1.82) is 0 Å². The summed E-state index contributed by atoms with van der Waals surface area (Å²) < 4.78 is 5.55. The highest BCUT2D eigenvalue weighted by atomic mass is 16.5. The summed E-state index contributed by atoms with van der Waals surface area (Å²) >= 11 is 0. The molecule has 0 spiro atoms. The van der Waals surface area contributed by atoms with Crippen molar-refractivity contribution in [3.05, 3.63) is 57.6 Å². The summed E-state index contributed by atoms with van der Waals surface area (Å²) in [6.45, 7) is 9.45. The lowest BCUT2D eigenvalue weighted by molar-refractivity contribution is 0.0611. The molecule has 3 heteroatoms. The van der Waals surface area contributed by atoms with Crippen LogP contribution in [0.4, 0.5) is 0 Å². The monoisotopic (exact) mass is 340 g/mol. The Morgan fingerprint density at radius 2 is 1.24 bits per heavy atom. The number of rotatable bonds is 3. The molecule has 2 aromatic carbocycles. The van der Waals surface area contributed by atoms with Crippen molar-refractivity contribution in [2.45, 2.75) is 46.5 Å². The van der Waals surface area contributed by atoms with E-state index in [1.165, 1.54) is 0 Å². The van der Waals surface area contributed by atoms with Crippen LogP contribution in [-0.4, -0.2) is 23.4 Å². The van der Waals surface area contributed by atoms with E-state index in [0.717, 1.165) is 59.4 Å². The fraction of sp³-hybridized carbons (Fsp3) is 0.455. The maximum atomic E-state index is 10.8. The number of aryl methyl sites for hydroxylation is 4. The van der Waals surface area contributed by atoms with Crippen molar-refractivity contribution < 1.29 is 14.9 Å². The van der Waals surface area contributed by atoms with Crippen LogP contribution in [0.1, 0.15) is 52.1 Å². The first kappa shape index (κ1) is 17.8. The molecule has 1 aliphatic heterocycles. The second-order valence-electron chi connectivity index (χ2n) is 7.47. The molecule has 0 aliphatic carbocycles.